The van der Waals surface area contributed by atoms with Crippen LogP contribution in [-0.4, -0.2) is 33.9 Å². The van der Waals surface area contributed by atoms with E-state index in [1.165, 1.54) is 18.4 Å². The minimum atomic E-state index is -1.04. The molecule has 5 rings (SSSR count). The Morgan fingerprint density at radius 3 is 2.03 bits per heavy atom. The van der Waals surface area contributed by atoms with E-state index in [4.69, 9.17) is 24.3 Å². The molecule has 1 atom stereocenters. The second-order valence-electron chi connectivity index (χ2n) is 8.31. The van der Waals surface area contributed by atoms with Crippen molar-refractivity contribution in [3.8, 4) is 22.9 Å². The minimum absolute atomic E-state index is 0.208. The van der Waals surface area contributed by atoms with Crippen LogP contribution in [0.5, 0.6) is 0 Å². The highest BCUT2D eigenvalue weighted by Crippen LogP contribution is 2.31. The number of fused-ring (bicyclic) bond motifs is 1. The van der Waals surface area contributed by atoms with Crippen LogP contribution < -0.4 is 11.1 Å². The first kappa shape index (κ1) is 24.4. The molecule has 0 aliphatic carbocycles. The zero-order valence-electron chi connectivity index (χ0n) is 20.2. The summed E-state index contributed by atoms with van der Waals surface area (Å²) in [4.78, 5) is 46.3. The molecular formula is C28H22N4O6. The number of anilines is 1. The Bertz CT molecular complexity index is 1610. The number of hydrogen-bond acceptors (Lipinski definition) is 8. The number of nitrogens with two attached hydrogens (primary N) is 1. The summed E-state index contributed by atoms with van der Waals surface area (Å²) < 4.78 is 16.6. The Morgan fingerprint density at radius 2 is 1.47 bits per heavy atom. The van der Waals surface area contributed by atoms with Crippen molar-refractivity contribution in [2.75, 3.05) is 5.32 Å². The molecule has 2 aromatic carbocycles. The van der Waals surface area contributed by atoms with Crippen molar-refractivity contribution < 1.29 is 28.0 Å². The molecule has 10 heteroatoms. The number of aromatic nitrogens is 2. The van der Waals surface area contributed by atoms with Crippen molar-refractivity contribution in [3.63, 3.8) is 0 Å². The summed E-state index contributed by atoms with van der Waals surface area (Å²) in [5, 5.41) is 2.68. The van der Waals surface area contributed by atoms with E-state index < -0.39 is 23.9 Å². The Morgan fingerprint density at radius 1 is 0.868 bits per heavy atom. The van der Waals surface area contributed by atoms with Gasteiger partial charge in [0.05, 0.1) is 29.1 Å². The summed E-state index contributed by atoms with van der Waals surface area (Å²) in [6, 6.07) is 17.9. The molecule has 0 radical (unpaired) electrons. The van der Waals surface area contributed by atoms with Gasteiger partial charge < -0.3 is 24.6 Å². The average molecular weight is 511 g/mol. The molecule has 0 bridgehead atoms. The number of nitrogens with zero attached hydrogens (tertiary/aromatic N) is 2. The van der Waals surface area contributed by atoms with Crippen molar-refractivity contribution in [2.45, 2.75) is 19.4 Å². The molecule has 0 saturated heterocycles. The van der Waals surface area contributed by atoms with Gasteiger partial charge in [-0.1, -0.05) is 6.92 Å². The van der Waals surface area contributed by atoms with Gasteiger partial charge >= 0.3 is 5.97 Å². The molecule has 0 saturated carbocycles. The lowest BCUT2D eigenvalue weighted by molar-refractivity contribution is -0.124. The van der Waals surface area contributed by atoms with E-state index in [9.17, 15) is 14.4 Å². The van der Waals surface area contributed by atoms with Crippen LogP contribution in [0.15, 0.2) is 88.1 Å². The van der Waals surface area contributed by atoms with Crippen molar-refractivity contribution in [2.24, 2.45) is 5.73 Å². The van der Waals surface area contributed by atoms with Gasteiger partial charge in [0.1, 0.15) is 11.4 Å². The minimum Gasteiger partial charge on any atom is -0.463 e. The topological polar surface area (TPSA) is 151 Å². The van der Waals surface area contributed by atoms with Crippen LogP contribution in [0.4, 0.5) is 5.69 Å². The van der Waals surface area contributed by atoms with Crippen molar-refractivity contribution in [1.82, 2.24) is 9.97 Å². The molecule has 0 aliphatic rings. The number of carbonyl (C=O) groups is 3. The number of benzene rings is 2. The zero-order valence-corrected chi connectivity index (χ0v) is 20.2. The summed E-state index contributed by atoms with van der Waals surface area (Å²) in [5.41, 5.74) is 8.13. The quantitative estimate of drug-likeness (QED) is 0.282. The van der Waals surface area contributed by atoms with E-state index in [2.05, 4.69) is 10.3 Å². The van der Waals surface area contributed by atoms with Gasteiger partial charge in [0.2, 0.25) is 5.91 Å². The Balaban J connectivity index is 1.38. The Hall–Kier alpha value is -5.25. The maximum Gasteiger partial charge on any atom is 0.338 e. The number of primary amides is 1. The first-order chi connectivity index (χ1) is 18.4. The number of hydrogen-bond donors (Lipinski definition) is 2. The molecule has 0 aliphatic heterocycles. The summed E-state index contributed by atoms with van der Waals surface area (Å²) >= 11 is 0. The second kappa shape index (κ2) is 10.4. The summed E-state index contributed by atoms with van der Waals surface area (Å²) in [6.07, 6.45) is 2.28. The fraction of sp³-hybridized carbons (Fsp3) is 0.107. The highest BCUT2D eigenvalue weighted by atomic mass is 16.5. The maximum absolute atomic E-state index is 13.0. The predicted octanol–water partition coefficient (Wildman–Crippen LogP) is 4.82. The first-order valence-corrected chi connectivity index (χ1v) is 11.7. The molecule has 5 aromatic rings. The Labute approximate surface area is 216 Å². The van der Waals surface area contributed by atoms with E-state index in [1.54, 1.807) is 67.8 Å². The van der Waals surface area contributed by atoms with Crippen LogP contribution in [-0.2, 0) is 9.53 Å². The number of amides is 2. The summed E-state index contributed by atoms with van der Waals surface area (Å²) in [5.74, 6) is -0.747. The fourth-order valence-corrected chi connectivity index (χ4v) is 3.81. The van der Waals surface area contributed by atoms with Crippen LogP contribution in [0.3, 0.4) is 0 Å². The number of esters is 1. The number of ether oxygens (including phenoxy) is 1. The number of furan rings is 2. The zero-order chi connectivity index (χ0) is 26.6. The van der Waals surface area contributed by atoms with E-state index in [0.717, 1.165) is 0 Å². The van der Waals surface area contributed by atoms with Crippen molar-refractivity contribution in [3.05, 3.63) is 90.4 Å². The third-order valence-corrected chi connectivity index (χ3v) is 5.76. The molecule has 3 N–H and O–H groups in total. The molecule has 1 unspecified atom stereocenters. The second-order valence-corrected chi connectivity index (χ2v) is 8.31. The smallest absolute Gasteiger partial charge is 0.338 e. The molecule has 0 spiro atoms. The van der Waals surface area contributed by atoms with Gasteiger partial charge in [0.15, 0.2) is 17.6 Å². The van der Waals surface area contributed by atoms with Crippen molar-refractivity contribution in [1.29, 1.82) is 0 Å². The van der Waals surface area contributed by atoms with Gasteiger partial charge in [-0.15, -0.1) is 0 Å². The third kappa shape index (κ3) is 5.00. The highest BCUT2D eigenvalue weighted by molar-refractivity contribution is 5.99. The number of nitrogens with one attached hydrogen (secondary N) is 1. The Kier molecular flexibility index (Phi) is 6.68. The fourth-order valence-electron chi connectivity index (χ4n) is 3.81. The van der Waals surface area contributed by atoms with Crippen LogP contribution in [0, 0.1) is 0 Å². The van der Waals surface area contributed by atoms with E-state index >= 15 is 0 Å². The lowest BCUT2D eigenvalue weighted by Gasteiger charge is -2.16. The maximum atomic E-state index is 13.0. The van der Waals surface area contributed by atoms with Gasteiger partial charge in [0, 0.05) is 11.3 Å². The van der Waals surface area contributed by atoms with Gasteiger partial charge in [0.25, 0.3) is 5.91 Å². The van der Waals surface area contributed by atoms with Crippen LogP contribution >= 0.6 is 0 Å². The van der Waals surface area contributed by atoms with Crippen LogP contribution in [0.2, 0.25) is 0 Å². The molecule has 190 valence electrons. The first-order valence-electron chi connectivity index (χ1n) is 11.7. The normalized spacial score (nSPS) is 11.7. The third-order valence-electron chi connectivity index (χ3n) is 5.76. The molecule has 3 aromatic heterocycles. The lowest BCUT2D eigenvalue weighted by Crippen LogP contribution is -2.32. The highest BCUT2D eigenvalue weighted by Gasteiger charge is 2.23. The van der Waals surface area contributed by atoms with Gasteiger partial charge in [-0.25, -0.2) is 14.8 Å². The molecule has 3 heterocycles. The van der Waals surface area contributed by atoms with Gasteiger partial charge in [-0.05, 0) is 73.2 Å². The predicted molar refractivity (Wildman–Crippen MR) is 138 cm³/mol. The molecule has 2 amide bonds. The molecule has 10 nitrogen and oxygen atoms in total. The largest absolute Gasteiger partial charge is 0.463 e. The lowest BCUT2D eigenvalue weighted by atomic mass is 10.1. The average Bonchev–Trinajstić information content (AvgIpc) is 3.66. The molecule has 38 heavy (non-hydrogen) atoms. The van der Waals surface area contributed by atoms with E-state index in [0.29, 0.717) is 45.2 Å². The standard InChI is InChI=1S/C28H22N4O6/c1-2-21(27(34)30-18-10-7-16(8-11-18)26(29)33)38-28(35)17-9-12-19-20(15-17)32-25(23-6-4-14-37-23)24(31-19)22-5-3-13-36-22/h3-15,21H,2H2,1H3,(H2,29,33)(H,30,34). The molecule has 0 fully saturated rings. The number of rotatable bonds is 8. The summed E-state index contributed by atoms with van der Waals surface area (Å²) in [6.45, 7) is 1.73. The monoisotopic (exact) mass is 510 g/mol. The van der Waals surface area contributed by atoms with Crippen LogP contribution in [0.1, 0.15) is 34.1 Å². The summed E-state index contributed by atoms with van der Waals surface area (Å²) in [7, 11) is 0. The van der Waals surface area contributed by atoms with Crippen molar-refractivity contribution >= 4 is 34.5 Å². The molecular weight excluding hydrogens is 488 g/mol. The SMILES string of the molecule is CCC(OC(=O)c1ccc2nc(-c3ccco3)c(-c3ccco3)nc2c1)C(=O)Nc1ccc(C(N)=O)cc1. The van der Waals surface area contributed by atoms with E-state index in [1.807, 2.05) is 0 Å². The number of carbonyl (C=O) groups excluding carboxylic acids is 3. The van der Waals surface area contributed by atoms with Crippen LogP contribution in [0.25, 0.3) is 33.9 Å². The van der Waals surface area contributed by atoms with Gasteiger partial charge in [-0.2, -0.15) is 0 Å². The van der Waals surface area contributed by atoms with Gasteiger partial charge in [-0.3, -0.25) is 9.59 Å². The van der Waals surface area contributed by atoms with E-state index in [-0.39, 0.29) is 12.0 Å².